The van der Waals surface area contributed by atoms with Crippen molar-refractivity contribution in [3.05, 3.63) is 0 Å². The van der Waals surface area contributed by atoms with Gasteiger partial charge >= 0.3 is 5.97 Å². The molecule has 3 nitrogen and oxygen atoms in total. The van der Waals surface area contributed by atoms with Gasteiger partial charge in [0.25, 0.3) is 0 Å². The van der Waals surface area contributed by atoms with Crippen LogP contribution >= 0.6 is 0 Å². The smallest absolute Gasteiger partial charge is 0.303 e. The van der Waals surface area contributed by atoms with Crippen LogP contribution in [-0.2, 0) is 4.79 Å². The maximum atomic E-state index is 10.6. The minimum absolute atomic E-state index is 0.321. The first kappa shape index (κ1) is 11.5. The van der Waals surface area contributed by atoms with Gasteiger partial charge in [0.1, 0.15) is 0 Å². The van der Waals surface area contributed by atoms with Gasteiger partial charge in [0.05, 0.1) is 0 Å². The third-order valence-electron chi connectivity index (χ3n) is 3.29. The van der Waals surface area contributed by atoms with E-state index in [0.29, 0.717) is 18.3 Å². The molecule has 2 unspecified atom stereocenters. The molecule has 0 aromatic rings. The van der Waals surface area contributed by atoms with Crippen LogP contribution in [0.15, 0.2) is 0 Å². The van der Waals surface area contributed by atoms with E-state index in [-0.39, 0.29) is 0 Å². The van der Waals surface area contributed by atoms with Crippen LogP contribution in [0.2, 0.25) is 0 Å². The summed E-state index contributed by atoms with van der Waals surface area (Å²) in [4.78, 5) is 13.0. The summed E-state index contributed by atoms with van der Waals surface area (Å²) >= 11 is 0. The molecule has 1 aliphatic rings. The molecule has 1 fully saturated rings. The van der Waals surface area contributed by atoms with Gasteiger partial charge in [0.2, 0.25) is 0 Å². The fourth-order valence-electron chi connectivity index (χ4n) is 2.29. The lowest BCUT2D eigenvalue weighted by Gasteiger charge is -2.34. The van der Waals surface area contributed by atoms with Crippen LogP contribution in [0.25, 0.3) is 0 Å². The van der Waals surface area contributed by atoms with E-state index in [0.717, 1.165) is 13.1 Å². The van der Waals surface area contributed by atoms with Gasteiger partial charge in [-0.15, -0.1) is 0 Å². The zero-order chi connectivity index (χ0) is 10.6. The molecular formula is C11H21NO2. The summed E-state index contributed by atoms with van der Waals surface area (Å²) in [5, 5.41) is 8.72. The predicted molar refractivity (Wildman–Crippen MR) is 56.3 cm³/mol. The highest BCUT2D eigenvalue weighted by Gasteiger charge is 2.24. The minimum atomic E-state index is -0.661. The molecule has 1 saturated heterocycles. The number of likely N-dealkylation sites (tertiary alicyclic amines) is 1. The van der Waals surface area contributed by atoms with Crippen molar-refractivity contribution >= 4 is 5.97 Å². The molecule has 0 bridgehead atoms. The van der Waals surface area contributed by atoms with Crippen molar-refractivity contribution < 1.29 is 9.90 Å². The molecule has 0 amide bonds. The number of carboxylic acid groups (broad SMARTS) is 1. The summed E-state index contributed by atoms with van der Waals surface area (Å²) in [5.74, 6) is 0.243. The molecular weight excluding hydrogens is 178 g/mol. The third-order valence-corrected chi connectivity index (χ3v) is 3.29. The Hall–Kier alpha value is -0.570. The normalized spacial score (nSPS) is 26.0. The van der Waals surface area contributed by atoms with E-state index in [9.17, 15) is 4.79 Å². The first-order valence-corrected chi connectivity index (χ1v) is 5.57. The number of nitrogens with zero attached hydrogens (tertiary/aromatic N) is 1. The fraction of sp³-hybridized carbons (Fsp3) is 0.909. The van der Waals surface area contributed by atoms with E-state index in [4.69, 9.17) is 5.11 Å². The van der Waals surface area contributed by atoms with Gasteiger partial charge in [-0.25, -0.2) is 0 Å². The molecule has 0 aliphatic carbocycles. The number of aliphatic carboxylic acids is 1. The second-order valence-electron chi connectivity index (χ2n) is 4.37. The zero-order valence-electron chi connectivity index (χ0n) is 9.20. The summed E-state index contributed by atoms with van der Waals surface area (Å²) in [6.07, 6.45) is 2.75. The van der Waals surface area contributed by atoms with E-state index in [1.807, 2.05) is 0 Å². The molecule has 0 aromatic heterocycles. The van der Waals surface area contributed by atoms with Crippen molar-refractivity contribution in [3.63, 3.8) is 0 Å². The lowest BCUT2D eigenvalue weighted by Crippen LogP contribution is -2.38. The SMILES string of the molecule is CCN1CCCC(C(C)CC(=O)O)C1. The molecule has 0 spiro atoms. The van der Waals surface area contributed by atoms with Crippen molar-refractivity contribution in [2.24, 2.45) is 11.8 Å². The monoisotopic (exact) mass is 199 g/mol. The lowest BCUT2D eigenvalue weighted by atomic mass is 9.85. The molecule has 0 aromatic carbocycles. The molecule has 1 rings (SSSR count). The Morgan fingerprint density at radius 3 is 2.93 bits per heavy atom. The Morgan fingerprint density at radius 2 is 2.36 bits per heavy atom. The van der Waals surface area contributed by atoms with E-state index in [1.165, 1.54) is 19.4 Å². The zero-order valence-corrected chi connectivity index (χ0v) is 9.20. The van der Waals surface area contributed by atoms with Crippen LogP contribution in [0.4, 0.5) is 0 Å². The Morgan fingerprint density at radius 1 is 1.64 bits per heavy atom. The molecule has 82 valence electrons. The first-order chi connectivity index (χ1) is 6.63. The second-order valence-corrected chi connectivity index (χ2v) is 4.37. The van der Waals surface area contributed by atoms with Gasteiger partial charge in [-0.05, 0) is 37.8 Å². The van der Waals surface area contributed by atoms with Crippen molar-refractivity contribution in [3.8, 4) is 0 Å². The molecule has 0 saturated carbocycles. The quantitative estimate of drug-likeness (QED) is 0.751. The van der Waals surface area contributed by atoms with E-state index in [1.54, 1.807) is 0 Å². The third kappa shape index (κ3) is 3.29. The van der Waals surface area contributed by atoms with Gasteiger partial charge in [0.15, 0.2) is 0 Å². The van der Waals surface area contributed by atoms with Gasteiger partial charge < -0.3 is 10.0 Å². The summed E-state index contributed by atoms with van der Waals surface area (Å²) < 4.78 is 0. The lowest BCUT2D eigenvalue weighted by molar-refractivity contribution is -0.138. The standard InChI is InChI=1S/C11H21NO2/c1-3-12-6-4-5-10(8-12)9(2)7-11(13)14/h9-10H,3-8H2,1-2H3,(H,13,14). The largest absolute Gasteiger partial charge is 0.481 e. The summed E-state index contributed by atoms with van der Waals surface area (Å²) in [6.45, 7) is 7.61. The Balaban J connectivity index is 2.38. The molecule has 3 heteroatoms. The molecule has 1 heterocycles. The minimum Gasteiger partial charge on any atom is -0.481 e. The van der Waals surface area contributed by atoms with Gasteiger partial charge in [0, 0.05) is 13.0 Å². The number of piperidine rings is 1. The van der Waals surface area contributed by atoms with E-state index in [2.05, 4.69) is 18.7 Å². The molecule has 1 N–H and O–H groups in total. The van der Waals surface area contributed by atoms with Crippen molar-refractivity contribution in [2.45, 2.75) is 33.1 Å². The topological polar surface area (TPSA) is 40.5 Å². The molecule has 1 aliphatic heterocycles. The van der Waals surface area contributed by atoms with Crippen LogP contribution in [0.5, 0.6) is 0 Å². The van der Waals surface area contributed by atoms with Crippen LogP contribution < -0.4 is 0 Å². The highest BCUT2D eigenvalue weighted by Crippen LogP contribution is 2.25. The molecule has 0 radical (unpaired) electrons. The molecule has 2 atom stereocenters. The number of hydrogen-bond acceptors (Lipinski definition) is 2. The van der Waals surface area contributed by atoms with Crippen molar-refractivity contribution in [1.29, 1.82) is 0 Å². The Bertz CT molecular complexity index is 194. The van der Waals surface area contributed by atoms with Crippen molar-refractivity contribution in [2.75, 3.05) is 19.6 Å². The Kier molecular flexibility index (Phi) is 4.39. The number of hydrogen-bond donors (Lipinski definition) is 1. The van der Waals surface area contributed by atoms with Gasteiger partial charge in [-0.3, -0.25) is 4.79 Å². The molecule has 14 heavy (non-hydrogen) atoms. The number of carboxylic acids is 1. The number of carbonyl (C=O) groups is 1. The highest BCUT2D eigenvalue weighted by atomic mass is 16.4. The highest BCUT2D eigenvalue weighted by molar-refractivity contribution is 5.66. The van der Waals surface area contributed by atoms with E-state index >= 15 is 0 Å². The number of rotatable bonds is 4. The fourth-order valence-corrected chi connectivity index (χ4v) is 2.29. The van der Waals surface area contributed by atoms with Crippen molar-refractivity contribution in [1.82, 2.24) is 4.90 Å². The van der Waals surface area contributed by atoms with Crippen LogP contribution in [0.3, 0.4) is 0 Å². The summed E-state index contributed by atoms with van der Waals surface area (Å²) in [6, 6.07) is 0. The average Bonchev–Trinajstić information content (AvgIpc) is 2.17. The summed E-state index contributed by atoms with van der Waals surface area (Å²) in [5.41, 5.74) is 0. The first-order valence-electron chi connectivity index (χ1n) is 5.57. The van der Waals surface area contributed by atoms with E-state index < -0.39 is 5.97 Å². The van der Waals surface area contributed by atoms with Gasteiger partial charge in [-0.2, -0.15) is 0 Å². The predicted octanol–water partition coefficient (Wildman–Crippen LogP) is 1.83. The average molecular weight is 199 g/mol. The second kappa shape index (κ2) is 5.35. The van der Waals surface area contributed by atoms with Crippen LogP contribution in [0.1, 0.15) is 33.1 Å². The maximum absolute atomic E-state index is 10.6. The maximum Gasteiger partial charge on any atom is 0.303 e. The van der Waals surface area contributed by atoms with Crippen LogP contribution in [-0.4, -0.2) is 35.6 Å². The van der Waals surface area contributed by atoms with Gasteiger partial charge in [-0.1, -0.05) is 13.8 Å². The van der Waals surface area contributed by atoms with Crippen LogP contribution in [0, 0.1) is 11.8 Å². The summed E-state index contributed by atoms with van der Waals surface area (Å²) in [7, 11) is 0. The Labute approximate surface area is 86.1 Å².